The molecule has 0 aliphatic rings. The first-order chi connectivity index (χ1) is 14.7. The summed E-state index contributed by atoms with van der Waals surface area (Å²) in [6, 6.07) is 15.2. The smallest absolute Gasteiger partial charge is 0.251 e. The van der Waals surface area contributed by atoms with Crippen LogP contribution in [0.2, 0.25) is 0 Å². The van der Waals surface area contributed by atoms with Crippen LogP contribution in [0.15, 0.2) is 58.8 Å². The first-order valence-electron chi connectivity index (χ1n) is 11.6. The Morgan fingerprint density at radius 1 is 0.700 bits per heavy atom. The number of unbranched alkanes of at least 4 members (excludes halogenated alkanes) is 9. The fourth-order valence-corrected chi connectivity index (χ4v) is 3.32. The van der Waals surface area contributed by atoms with Gasteiger partial charge in [0, 0.05) is 12.1 Å². The molecule has 0 aromatic heterocycles. The van der Waals surface area contributed by atoms with Gasteiger partial charge in [0.25, 0.3) is 5.91 Å². The number of benzene rings is 2. The van der Waals surface area contributed by atoms with Gasteiger partial charge < -0.3 is 5.32 Å². The van der Waals surface area contributed by atoms with Gasteiger partial charge in [-0.3, -0.25) is 4.79 Å². The summed E-state index contributed by atoms with van der Waals surface area (Å²) in [6.07, 6.45) is 13.0. The molecule has 0 aliphatic carbocycles. The largest absolute Gasteiger partial charge is 0.352 e. The summed E-state index contributed by atoms with van der Waals surface area (Å²) in [5.74, 6) is -0.0204. The van der Waals surface area contributed by atoms with E-state index in [1.165, 1.54) is 63.4 Å². The first kappa shape index (κ1) is 23.8. The topological polar surface area (TPSA) is 53.8 Å². The van der Waals surface area contributed by atoms with E-state index < -0.39 is 0 Å². The lowest BCUT2D eigenvalue weighted by molar-refractivity contribution is 0.0953. The van der Waals surface area contributed by atoms with Crippen LogP contribution in [0.5, 0.6) is 0 Å². The molecule has 0 bridgehead atoms. The summed E-state index contributed by atoms with van der Waals surface area (Å²) in [6.45, 7) is 5.04. The Labute approximate surface area is 182 Å². The molecule has 0 saturated carbocycles. The highest BCUT2D eigenvalue weighted by molar-refractivity contribution is 5.94. The van der Waals surface area contributed by atoms with E-state index in [2.05, 4.69) is 22.5 Å². The van der Waals surface area contributed by atoms with Crippen molar-refractivity contribution in [3.63, 3.8) is 0 Å². The highest BCUT2D eigenvalue weighted by atomic mass is 16.1. The van der Waals surface area contributed by atoms with Crippen molar-refractivity contribution in [1.82, 2.24) is 5.32 Å². The van der Waals surface area contributed by atoms with Gasteiger partial charge in [-0.05, 0) is 49.7 Å². The van der Waals surface area contributed by atoms with E-state index in [4.69, 9.17) is 0 Å². The third kappa shape index (κ3) is 9.82. The van der Waals surface area contributed by atoms with E-state index in [1.807, 2.05) is 43.3 Å². The van der Waals surface area contributed by atoms with Gasteiger partial charge in [-0.2, -0.15) is 10.2 Å². The van der Waals surface area contributed by atoms with Gasteiger partial charge >= 0.3 is 0 Å². The number of azo groups is 1. The van der Waals surface area contributed by atoms with Crippen LogP contribution in [0, 0.1) is 6.92 Å². The van der Waals surface area contributed by atoms with Crippen LogP contribution in [0.4, 0.5) is 11.4 Å². The van der Waals surface area contributed by atoms with Crippen LogP contribution >= 0.6 is 0 Å². The Morgan fingerprint density at radius 2 is 1.17 bits per heavy atom. The molecular formula is C26H37N3O. The summed E-state index contributed by atoms with van der Waals surface area (Å²) in [5.41, 5.74) is 3.42. The van der Waals surface area contributed by atoms with Gasteiger partial charge in [0.2, 0.25) is 0 Å². The molecule has 2 aromatic carbocycles. The van der Waals surface area contributed by atoms with Crippen LogP contribution in [0.3, 0.4) is 0 Å². The molecule has 0 spiro atoms. The molecule has 1 N–H and O–H groups in total. The number of nitrogens with one attached hydrogen (secondary N) is 1. The predicted octanol–water partition coefficient (Wildman–Crippen LogP) is 8.06. The Hall–Kier alpha value is -2.49. The lowest BCUT2D eigenvalue weighted by Gasteiger charge is -2.06. The van der Waals surface area contributed by atoms with Crippen molar-refractivity contribution in [2.45, 2.75) is 78.1 Å². The number of hydrogen-bond donors (Lipinski definition) is 1. The molecule has 4 heteroatoms. The molecule has 0 heterocycles. The monoisotopic (exact) mass is 407 g/mol. The quantitative estimate of drug-likeness (QED) is 0.250. The number of carbonyl (C=O) groups is 1. The van der Waals surface area contributed by atoms with Crippen molar-refractivity contribution in [3.05, 3.63) is 59.7 Å². The zero-order valence-electron chi connectivity index (χ0n) is 18.7. The zero-order valence-corrected chi connectivity index (χ0v) is 18.7. The minimum Gasteiger partial charge on any atom is -0.352 e. The van der Waals surface area contributed by atoms with E-state index in [9.17, 15) is 4.79 Å². The third-order valence-electron chi connectivity index (χ3n) is 5.26. The summed E-state index contributed by atoms with van der Waals surface area (Å²) in [7, 11) is 0. The second-order valence-electron chi connectivity index (χ2n) is 8.02. The van der Waals surface area contributed by atoms with Gasteiger partial charge in [-0.1, -0.05) is 82.4 Å². The molecule has 0 saturated heterocycles. The second-order valence-corrected chi connectivity index (χ2v) is 8.02. The molecule has 0 unspecified atom stereocenters. The van der Waals surface area contributed by atoms with Crippen LogP contribution in [-0.2, 0) is 0 Å². The number of hydrogen-bond acceptors (Lipinski definition) is 3. The highest BCUT2D eigenvalue weighted by Gasteiger charge is 2.04. The SMILES string of the molecule is CCCCCCCCCCCCNC(=O)c1ccc(N=Nc2ccc(C)cc2)cc1. The van der Waals surface area contributed by atoms with Crippen molar-refractivity contribution in [2.75, 3.05) is 6.54 Å². The van der Waals surface area contributed by atoms with Crippen molar-refractivity contribution in [1.29, 1.82) is 0 Å². The molecule has 30 heavy (non-hydrogen) atoms. The summed E-state index contributed by atoms with van der Waals surface area (Å²) >= 11 is 0. The maximum absolute atomic E-state index is 12.3. The number of nitrogens with zero attached hydrogens (tertiary/aromatic N) is 2. The van der Waals surface area contributed by atoms with Crippen LogP contribution in [0.1, 0.15) is 87.1 Å². The summed E-state index contributed by atoms with van der Waals surface area (Å²) in [5, 5.41) is 11.5. The van der Waals surface area contributed by atoms with Crippen LogP contribution in [0.25, 0.3) is 0 Å². The van der Waals surface area contributed by atoms with Crippen LogP contribution in [-0.4, -0.2) is 12.5 Å². The minimum absolute atomic E-state index is 0.0204. The van der Waals surface area contributed by atoms with Gasteiger partial charge in [0.05, 0.1) is 11.4 Å². The van der Waals surface area contributed by atoms with Crippen molar-refractivity contribution < 1.29 is 4.79 Å². The fraction of sp³-hybridized carbons (Fsp3) is 0.500. The Kier molecular flexibility index (Phi) is 11.5. The standard InChI is InChI=1S/C26H37N3O/c1-3-4-5-6-7-8-9-10-11-12-21-27-26(30)23-15-19-25(20-16-23)29-28-24-17-13-22(2)14-18-24/h13-20H,3-12,21H2,1-2H3,(H,27,30). The Bertz CT molecular complexity index is 751. The van der Waals surface area contributed by atoms with Gasteiger partial charge in [-0.25, -0.2) is 0 Å². The normalized spacial score (nSPS) is 11.1. The van der Waals surface area contributed by atoms with Gasteiger partial charge in [0.15, 0.2) is 0 Å². The summed E-state index contributed by atoms with van der Waals surface area (Å²) in [4.78, 5) is 12.3. The molecule has 0 atom stereocenters. The maximum atomic E-state index is 12.3. The molecule has 0 radical (unpaired) electrons. The molecule has 0 fully saturated rings. The first-order valence-corrected chi connectivity index (χ1v) is 11.6. The molecule has 0 aliphatic heterocycles. The van der Waals surface area contributed by atoms with Crippen molar-refractivity contribution >= 4 is 17.3 Å². The van der Waals surface area contributed by atoms with Crippen molar-refractivity contribution in [3.8, 4) is 0 Å². The number of rotatable bonds is 14. The Balaban J connectivity index is 1.59. The molecule has 4 nitrogen and oxygen atoms in total. The van der Waals surface area contributed by atoms with Crippen molar-refractivity contribution in [2.24, 2.45) is 10.2 Å². The third-order valence-corrected chi connectivity index (χ3v) is 5.26. The molecule has 2 rings (SSSR count). The van der Waals surface area contributed by atoms with E-state index in [0.29, 0.717) is 5.56 Å². The number of amides is 1. The maximum Gasteiger partial charge on any atom is 0.251 e. The van der Waals surface area contributed by atoms with Crippen LogP contribution < -0.4 is 5.32 Å². The number of aryl methyl sites for hydroxylation is 1. The average Bonchev–Trinajstić information content (AvgIpc) is 2.77. The zero-order chi connectivity index (χ0) is 21.4. The molecule has 162 valence electrons. The highest BCUT2D eigenvalue weighted by Crippen LogP contribution is 2.19. The minimum atomic E-state index is -0.0204. The molecular weight excluding hydrogens is 370 g/mol. The van der Waals surface area contributed by atoms with E-state index >= 15 is 0 Å². The van der Waals surface area contributed by atoms with Gasteiger partial charge in [-0.15, -0.1) is 0 Å². The lowest BCUT2D eigenvalue weighted by Crippen LogP contribution is -2.24. The number of carbonyl (C=O) groups excluding carboxylic acids is 1. The van der Waals surface area contributed by atoms with E-state index in [0.717, 1.165) is 24.3 Å². The van der Waals surface area contributed by atoms with E-state index in [-0.39, 0.29) is 5.91 Å². The summed E-state index contributed by atoms with van der Waals surface area (Å²) < 4.78 is 0. The predicted molar refractivity (Wildman–Crippen MR) is 126 cm³/mol. The van der Waals surface area contributed by atoms with E-state index in [1.54, 1.807) is 12.1 Å². The molecule has 1 amide bonds. The second kappa shape index (κ2) is 14.5. The fourth-order valence-electron chi connectivity index (χ4n) is 3.32. The molecule has 2 aromatic rings. The average molecular weight is 408 g/mol. The van der Waals surface area contributed by atoms with Gasteiger partial charge in [0.1, 0.15) is 0 Å². The lowest BCUT2D eigenvalue weighted by atomic mass is 10.1. The Morgan fingerprint density at radius 3 is 1.70 bits per heavy atom.